The smallest absolute Gasteiger partial charge is 0.143 e. The van der Waals surface area contributed by atoms with Crippen LogP contribution in [-0.2, 0) is 4.74 Å². The van der Waals surface area contributed by atoms with E-state index in [1.807, 2.05) is 12.3 Å². The number of rotatable bonds is 3. The largest absolute Gasteiger partial charge is 0.380 e. The fourth-order valence-electron chi connectivity index (χ4n) is 3.35. The van der Waals surface area contributed by atoms with Gasteiger partial charge in [0.1, 0.15) is 17.8 Å². The lowest BCUT2D eigenvalue weighted by molar-refractivity contribution is 0.0892. The normalized spacial score (nSPS) is 18.5. The number of fused-ring (bicyclic) bond motifs is 1. The molecule has 5 heteroatoms. The first-order chi connectivity index (χ1) is 11.4. The monoisotopic (exact) mass is 308 g/mol. The van der Waals surface area contributed by atoms with Gasteiger partial charge < -0.3 is 14.6 Å². The first-order valence-corrected chi connectivity index (χ1v) is 8.02. The Balaban J connectivity index is 1.82. The van der Waals surface area contributed by atoms with E-state index in [1.165, 1.54) is 5.56 Å². The first kappa shape index (κ1) is 14.2. The number of hydrogen-bond donors (Lipinski definition) is 1. The summed E-state index contributed by atoms with van der Waals surface area (Å²) in [5, 5.41) is 1.09. The Bertz CT molecular complexity index is 799. The van der Waals surface area contributed by atoms with Gasteiger partial charge >= 0.3 is 0 Å². The van der Waals surface area contributed by atoms with Crippen LogP contribution in [0.4, 0.5) is 5.82 Å². The van der Waals surface area contributed by atoms with E-state index >= 15 is 0 Å². The third kappa shape index (κ3) is 2.57. The van der Waals surface area contributed by atoms with Crippen LogP contribution >= 0.6 is 0 Å². The summed E-state index contributed by atoms with van der Waals surface area (Å²) >= 11 is 0. The quantitative estimate of drug-likeness (QED) is 0.807. The van der Waals surface area contributed by atoms with E-state index in [4.69, 9.17) is 4.74 Å². The summed E-state index contributed by atoms with van der Waals surface area (Å²) in [4.78, 5) is 14.6. The number of nitrogens with one attached hydrogen (secondary N) is 1. The minimum absolute atomic E-state index is 0.271. The highest BCUT2D eigenvalue weighted by Gasteiger charge is 2.24. The molecule has 0 spiro atoms. The van der Waals surface area contributed by atoms with Gasteiger partial charge in [-0.2, -0.15) is 0 Å². The Morgan fingerprint density at radius 1 is 1.22 bits per heavy atom. The molecule has 0 amide bonds. The van der Waals surface area contributed by atoms with Crippen LogP contribution in [-0.4, -0.2) is 41.3 Å². The molecule has 0 bridgehead atoms. The lowest BCUT2D eigenvalue weighted by atomic mass is 10.0. The standard InChI is InChI=1S/C18H20N4O/c1-23-14-8-5-9-22(11-14)18-16-15(13-6-3-2-4-7-13)10-19-17(16)20-12-21-18/h2-4,6-7,10,12,14H,5,8-9,11H2,1H3,(H,19,20,21). The van der Waals surface area contributed by atoms with Crippen molar-refractivity contribution < 1.29 is 4.74 Å². The van der Waals surface area contributed by atoms with Crippen LogP contribution in [0.25, 0.3) is 22.2 Å². The van der Waals surface area contributed by atoms with Gasteiger partial charge in [-0.1, -0.05) is 30.3 Å². The third-order valence-electron chi connectivity index (χ3n) is 4.55. The highest BCUT2D eigenvalue weighted by molar-refractivity contribution is 6.01. The van der Waals surface area contributed by atoms with Crippen molar-refractivity contribution in [2.24, 2.45) is 0 Å². The summed E-state index contributed by atoms with van der Waals surface area (Å²) in [6.45, 7) is 1.88. The van der Waals surface area contributed by atoms with Crippen molar-refractivity contribution in [1.82, 2.24) is 15.0 Å². The number of anilines is 1. The molecule has 1 aliphatic heterocycles. The van der Waals surface area contributed by atoms with Crippen molar-refractivity contribution >= 4 is 16.9 Å². The summed E-state index contributed by atoms with van der Waals surface area (Å²) < 4.78 is 5.56. The summed E-state index contributed by atoms with van der Waals surface area (Å²) in [5.41, 5.74) is 3.21. The van der Waals surface area contributed by atoms with E-state index in [-0.39, 0.29) is 6.10 Å². The van der Waals surface area contributed by atoms with Gasteiger partial charge in [0, 0.05) is 32.0 Å². The lowest BCUT2D eigenvalue weighted by Gasteiger charge is -2.33. The summed E-state index contributed by atoms with van der Waals surface area (Å²) in [6.07, 6.45) is 6.16. The molecule has 1 aromatic carbocycles. The number of nitrogens with zero attached hydrogens (tertiary/aromatic N) is 3. The molecule has 3 heterocycles. The zero-order valence-electron chi connectivity index (χ0n) is 13.2. The maximum atomic E-state index is 5.56. The van der Waals surface area contributed by atoms with Gasteiger partial charge in [-0.15, -0.1) is 0 Å². The van der Waals surface area contributed by atoms with Crippen LogP contribution < -0.4 is 4.90 Å². The number of aromatic nitrogens is 3. The number of benzene rings is 1. The molecule has 3 aromatic rings. The Kier molecular flexibility index (Phi) is 3.71. The lowest BCUT2D eigenvalue weighted by Crippen LogP contribution is -2.39. The highest BCUT2D eigenvalue weighted by Crippen LogP contribution is 2.34. The molecule has 1 saturated heterocycles. The first-order valence-electron chi connectivity index (χ1n) is 8.02. The van der Waals surface area contributed by atoms with E-state index in [0.29, 0.717) is 0 Å². The van der Waals surface area contributed by atoms with E-state index in [0.717, 1.165) is 48.3 Å². The van der Waals surface area contributed by atoms with E-state index in [1.54, 1.807) is 13.4 Å². The Morgan fingerprint density at radius 2 is 2.09 bits per heavy atom. The molecule has 1 aliphatic rings. The maximum absolute atomic E-state index is 5.56. The van der Waals surface area contributed by atoms with Crippen LogP contribution in [0.2, 0.25) is 0 Å². The van der Waals surface area contributed by atoms with Crippen LogP contribution in [0.1, 0.15) is 12.8 Å². The molecule has 2 aromatic heterocycles. The zero-order valence-corrected chi connectivity index (χ0v) is 13.2. The van der Waals surface area contributed by atoms with Crippen molar-refractivity contribution in [3.8, 4) is 11.1 Å². The summed E-state index contributed by atoms with van der Waals surface area (Å²) in [6, 6.07) is 10.4. The fourth-order valence-corrected chi connectivity index (χ4v) is 3.35. The van der Waals surface area contributed by atoms with Gasteiger partial charge in [-0.25, -0.2) is 9.97 Å². The molecular weight excluding hydrogens is 288 g/mol. The third-order valence-corrected chi connectivity index (χ3v) is 4.55. The molecular formula is C18H20N4O. The van der Waals surface area contributed by atoms with Crippen molar-refractivity contribution in [2.75, 3.05) is 25.1 Å². The van der Waals surface area contributed by atoms with E-state index in [2.05, 4.69) is 44.1 Å². The summed E-state index contributed by atoms with van der Waals surface area (Å²) in [7, 11) is 1.79. The second-order valence-electron chi connectivity index (χ2n) is 5.94. The number of aromatic amines is 1. The van der Waals surface area contributed by atoms with Crippen LogP contribution in [0.3, 0.4) is 0 Å². The number of hydrogen-bond acceptors (Lipinski definition) is 4. The maximum Gasteiger partial charge on any atom is 0.143 e. The summed E-state index contributed by atoms with van der Waals surface area (Å²) in [5.74, 6) is 0.997. The minimum Gasteiger partial charge on any atom is -0.380 e. The fraction of sp³-hybridized carbons (Fsp3) is 0.333. The van der Waals surface area contributed by atoms with Crippen LogP contribution in [0, 0.1) is 0 Å². The molecule has 0 aliphatic carbocycles. The van der Waals surface area contributed by atoms with Gasteiger partial charge in [0.25, 0.3) is 0 Å². The molecule has 1 fully saturated rings. The molecule has 0 radical (unpaired) electrons. The number of ether oxygens (including phenoxy) is 1. The minimum atomic E-state index is 0.271. The predicted octanol–water partition coefficient (Wildman–Crippen LogP) is 3.24. The Morgan fingerprint density at radius 3 is 2.91 bits per heavy atom. The average Bonchev–Trinajstić information content (AvgIpc) is 3.06. The zero-order chi connectivity index (χ0) is 15.6. The van der Waals surface area contributed by atoms with E-state index < -0.39 is 0 Å². The van der Waals surface area contributed by atoms with Crippen molar-refractivity contribution in [3.05, 3.63) is 42.9 Å². The van der Waals surface area contributed by atoms with Gasteiger partial charge in [0.05, 0.1) is 11.5 Å². The van der Waals surface area contributed by atoms with Crippen molar-refractivity contribution in [3.63, 3.8) is 0 Å². The second-order valence-corrected chi connectivity index (χ2v) is 5.94. The Labute approximate surface area is 135 Å². The number of methoxy groups -OCH3 is 1. The molecule has 23 heavy (non-hydrogen) atoms. The average molecular weight is 308 g/mol. The number of H-pyrrole nitrogens is 1. The van der Waals surface area contributed by atoms with Gasteiger partial charge in [0.2, 0.25) is 0 Å². The predicted molar refractivity (Wildman–Crippen MR) is 91.6 cm³/mol. The molecule has 4 rings (SSSR count). The molecule has 1 atom stereocenters. The molecule has 0 saturated carbocycles. The SMILES string of the molecule is COC1CCCN(c2ncnc3[nH]cc(-c4ccccc4)c23)C1. The van der Waals surface area contributed by atoms with Crippen molar-refractivity contribution in [2.45, 2.75) is 18.9 Å². The van der Waals surface area contributed by atoms with Gasteiger partial charge in [-0.3, -0.25) is 0 Å². The van der Waals surface area contributed by atoms with E-state index in [9.17, 15) is 0 Å². The topological polar surface area (TPSA) is 54.0 Å². The Hall–Kier alpha value is -2.40. The van der Waals surface area contributed by atoms with Crippen molar-refractivity contribution in [1.29, 1.82) is 0 Å². The molecule has 5 nitrogen and oxygen atoms in total. The van der Waals surface area contributed by atoms with Gasteiger partial charge in [-0.05, 0) is 18.4 Å². The number of piperidine rings is 1. The molecule has 1 unspecified atom stereocenters. The van der Waals surface area contributed by atoms with Crippen LogP contribution in [0.5, 0.6) is 0 Å². The molecule has 118 valence electrons. The highest BCUT2D eigenvalue weighted by atomic mass is 16.5. The second kappa shape index (κ2) is 6.01. The molecule has 1 N–H and O–H groups in total. The van der Waals surface area contributed by atoms with Crippen LogP contribution in [0.15, 0.2) is 42.9 Å². The van der Waals surface area contributed by atoms with Gasteiger partial charge in [0.15, 0.2) is 0 Å².